The SMILES string of the molecule is C1COCN1.C=CC(O)OC(=O)C(=C)C. The molecule has 1 aliphatic rings. The lowest BCUT2D eigenvalue weighted by Gasteiger charge is -2.05. The summed E-state index contributed by atoms with van der Waals surface area (Å²) in [6.07, 6.45) is -0.120. The second-order valence-corrected chi connectivity index (χ2v) is 2.86. The summed E-state index contributed by atoms with van der Waals surface area (Å²) in [6, 6.07) is 0. The molecule has 2 N–H and O–H groups in total. The highest BCUT2D eigenvalue weighted by Crippen LogP contribution is 1.95. The first-order valence-electron chi connectivity index (χ1n) is 4.53. The molecule has 1 heterocycles. The van der Waals surface area contributed by atoms with Crippen LogP contribution in [0.5, 0.6) is 0 Å². The van der Waals surface area contributed by atoms with E-state index in [2.05, 4.69) is 23.2 Å². The minimum absolute atomic E-state index is 0.251. The Morgan fingerprint density at radius 2 is 2.40 bits per heavy atom. The summed E-state index contributed by atoms with van der Waals surface area (Å²) in [7, 11) is 0. The van der Waals surface area contributed by atoms with Gasteiger partial charge in [0.05, 0.1) is 13.3 Å². The van der Waals surface area contributed by atoms with Crippen molar-refractivity contribution in [1.29, 1.82) is 0 Å². The van der Waals surface area contributed by atoms with Gasteiger partial charge in [0.2, 0.25) is 6.29 Å². The fourth-order valence-corrected chi connectivity index (χ4v) is 0.619. The number of nitrogens with one attached hydrogen (secondary N) is 1. The van der Waals surface area contributed by atoms with Gasteiger partial charge in [-0.15, -0.1) is 0 Å². The molecule has 1 atom stereocenters. The number of hydrogen-bond acceptors (Lipinski definition) is 5. The van der Waals surface area contributed by atoms with Crippen molar-refractivity contribution in [3.63, 3.8) is 0 Å². The van der Waals surface area contributed by atoms with Crippen LogP contribution in [-0.4, -0.2) is 37.2 Å². The minimum atomic E-state index is -1.23. The molecule has 0 radical (unpaired) electrons. The number of ether oxygens (including phenoxy) is 2. The lowest BCUT2D eigenvalue weighted by molar-refractivity contribution is -0.155. The van der Waals surface area contributed by atoms with Crippen LogP contribution in [0.2, 0.25) is 0 Å². The average molecular weight is 215 g/mol. The Bertz CT molecular complexity index is 216. The molecule has 0 aromatic heterocycles. The first kappa shape index (κ1) is 13.8. The van der Waals surface area contributed by atoms with E-state index in [0.29, 0.717) is 0 Å². The quantitative estimate of drug-likeness (QED) is 0.304. The summed E-state index contributed by atoms with van der Waals surface area (Å²) >= 11 is 0. The zero-order valence-electron chi connectivity index (χ0n) is 8.86. The van der Waals surface area contributed by atoms with E-state index in [0.717, 1.165) is 26.0 Å². The van der Waals surface area contributed by atoms with Crippen LogP contribution in [0.4, 0.5) is 0 Å². The maximum Gasteiger partial charge on any atom is 0.335 e. The standard InChI is InChI=1S/C7H10O3.C3H7NO/c1-4-6(8)10-7(9)5(2)3;1-2-5-3-4-1/h4,6,8H,1-2H2,3H3;4H,1-3H2. The third-order valence-electron chi connectivity index (χ3n) is 1.41. The second-order valence-electron chi connectivity index (χ2n) is 2.86. The highest BCUT2D eigenvalue weighted by atomic mass is 16.6. The van der Waals surface area contributed by atoms with Crippen molar-refractivity contribution in [3.8, 4) is 0 Å². The van der Waals surface area contributed by atoms with Crippen molar-refractivity contribution in [2.45, 2.75) is 13.2 Å². The van der Waals surface area contributed by atoms with Gasteiger partial charge in [-0.05, 0) is 13.0 Å². The van der Waals surface area contributed by atoms with Crippen molar-refractivity contribution in [2.75, 3.05) is 19.9 Å². The normalized spacial score (nSPS) is 15.9. The molecular weight excluding hydrogens is 198 g/mol. The molecule has 0 aliphatic carbocycles. The number of carbonyl (C=O) groups excluding carboxylic acids is 1. The molecule has 5 nitrogen and oxygen atoms in total. The lowest BCUT2D eigenvalue weighted by Crippen LogP contribution is -2.14. The summed E-state index contributed by atoms with van der Waals surface area (Å²) in [5.41, 5.74) is 0.251. The van der Waals surface area contributed by atoms with Gasteiger partial charge in [0.15, 0.2) is 0 Å². The van der Waals surface area contributed by atoms with Gasteiger partial charge < -0.3 is 14.6 Å². The van der Waals surface area contributed by atoms with Gasteiger partial charge in [-0.1, -0.05) is 13.2 Å². The van der Waals surface area contributed by atoms with E-state index >= 15 is 0 Å². The molecule has 0 saturated carbocycles. The highest BCUT2D eigenvalue weighted by molar-refractivity contribution is 5.87. The smallest absolute Gasteiger partial charge is 0.335 e. The number of carbonyl (C=O) groups is 1. The fourth-order valence-electron chi connectivity index (χ4n) is 0.619. The van der Waals surface area contributed by atoms with Crippen molar-refractivity contribution < 1.29 is 19.4 Å². The zero-order valence-corrected chi connectivity index (χ0v) is 8.86. The molecule has 1 aliphatic heterocycles. The minimum Gasteiger partial charge on any atom is -0.429 e. The summed E-state index contributed by atoms with van der Waals surface area (Å²) < 4.78 is 9.19. The van der Waals surface area contributed by atoms with Crippen LogP contribution in [0.1, 0.15) is 6.92 Å². The topological polar surface area (TPSA) is 67.8 Å². The molecule has 5 heteroatoms. The second kappa shape index (κ2) is 8.16. The Kier molecular flexibility index (Phi) is 7.53. The van der Waals surface area contributed by atoms with Gasteiger partial charge in [-0.25, -0.2) is 4.79 Å². The molecule has 1 fully saturated rings. The van der Waals surface area contributed by atoms with Crippen LogP contribution in [0.25, 0.3) is 0 Å². The maximum atomic E-state index is 10.6. The molecule has 1 saturated heterocycles. The van der Waals surface area contributed by atoms with E-state index < -0.39 is 12.3 Å². The summed E-state index contributed by atoms with van der Waals surface area (Å²) in [5, 5.41) is 11.7. The fraction of sp³-hybridized carbons (Fsp3) is 0.500. The maximum absolute atomic E-state index is 10.6. The van der Waals surface area contributed by atoms with Crippen molar-refractivity contribution >= 4 is 5.97 Å². The number of esters is 1. The first-order chi connectivity index (χ1) is 7.07. The van der Waals surface area contributed by atoms with E-state index in [4.69, 9.17) is 9.84 Å². The summed E-state index contributed by atoms with van der Waals surface area (Å²) in [5.74, 6) is -0.618. The average Bonchev–Trinajstić information content (AvgIpc) is 2.75. The van der Waals surface area contributed by atoms with Crippen LogP contribution in [0.3, 0.4) is 0 Å². The van der Waals surface area contributed by atoms with Crippen molar-refractivity contribution in [3.05, 3.63) is 24.8 Å². The van der Waals surface area contributed by atoms with Crippen molar-refractivity contribution in [1.82, 2.24) is 5.32 Å². The molecule has 0 amide bonds. The third-order valence-corrected chi connectivity index (χ3v) is 1.41. The lowest BCUT2D eigenvalue weighted by atomic mass is 10.4. The number of aliphatic hydroxyl groups excluding tert-OH is 1. The Morgan fingerprint density at radius 1 is 1.73 bits per heavy atom. The van der Waals surface area contributed by atoms with Crippen molar-refractivity contribution in [2.24, 2.45) is 0 Å². The molecule has 86 valence electrons. The van der Waals surface area contributed by atoms with E-state index in [1.807, 2.05) is 0 Å². The number of hydrogen-bond donors (Lipinski definition) is 2. The van der Waals surface area contributed by atoms with E-state index in [-0.39, 0.29) is 5.57 Å². The zero-order chi connectivity index (χ0) is 11.7. The van der Waals surface area contributed by atoms with Gasteiger partial charge >= 0.3 is 5.97 Å². The molecule has 0 aromatic carbocycles. The Balaban J connectivity index is 0.000000322. The van der Waals surface area contributed by atoms with Gasteiger partial charge in [0.25, 0.3) is 0 Å². The molecule has 0 bridgehead atoms. The number of aliphatic hydroxyl groups is 1. The van der Waals surface area contributed by atoms with E-state index in [1.54, 1.807) is 0 Å². The highest BCUT2D eigenvalue weighted by Gasteiger charge is 2.06. The molecular formula is C10H17NO4. The predicted molar refractivity (Wildman–Crippen MR) is 55.9 cm³/mol. The van der Waals surface area contributed by atoms with Gasteiger partial charge in [0.1, 0.15) is 0 Å². The summed E-state index contributed by atoms with van der Waals surface area (Å²) in [6.45, 7) is 10.7. The largest absolute Gasteiger partial charge is 0.429 e. The third kappa shape index (κ3) is 7.87. The molecule has 0 spiro atoms. The Labute approximate surface area is 89.4 Å². The molecule has 0 aromatic rings. The Morgan fingerprint density at radius 3 is 2.67 bits per heavy atom. The molecule has 1 rings (SSSR count). The van der Waals surface area contributed by atoms with Gasteiger partial charge in [-0.3, -0.25) is 5.32 Å². The van der Waals surface area contributed by atoms with Crippen LogP contribution in [-0.2, 0) is 14.3 Å². The monoisotopic (exact) mass is 215 g/mol. The van der Waals surface area contributed by atoms with Crippen LogP contribution in [0, 0.1) is 0 Å². The summed E-state index contributed by atoms with van der Waals surface area (Å²) in [4.78, 5) is 10.6. The van der Waals surface area contributed by atoms with Crippen LogP contribution < -0.4 is 5.32 Å². The van der Waals surface area contributed by atoms with Crippen LogP contribution >= 0.6 is 0 Å². The number of rotatable bonds is 3. The van der Waals surface area contributed by atoms with Gasteiger partial charge in [0, 0.05) is 12.1 Å². The Hall–Kier alpha value is -1.17. The van der Waals surface area contributed by atoms with Gasteiger partial charge in [-0.2, -0.15) is 0 Å². The van der Waals surface area contributed by atoms with Crippen LogP contribution in [0.15, 0.2) is 24.8 Å². The molecule has 1 unspecified atom stereocenters. The predicted octanol–water partition coefficient (Wildman–Crippen LogP) is 0.174. The molecule has 15 heavy (non-hydrogen) atoms. The first-order valence-corrected chi connectivity index (χ1v) is 4.53. The van der Waals surface area contributed by atoms with E-state index in [9.17, 15) is 4.79 Å². The van der Waals surface area contributed by atoms with E-state index in [1.165, 1.54) is 6.92 Å².